The Balaban J connectivity index is 2.27. The van der Waals surface area contributed by atoms with Crippen LogP contribution in [0.25, 0.3) is 0 Å². The molecule has 1 rings (SSSR count). The zero-order valence-corrected chi connectivity index (χ0v) is 13.3. The van der Waals surface area contributed by atoms with E-state index < -0.39 is 0 Å². The summed E-state index contributed by atoms with van der Waals surface area (Å²) in [5, 5.41) is 3.41. The highest BCUT2D eigenvalue weighted by atomic mass is 35.5. The van der Waals surface area contributed by atoms with E-state index in [0.717, 1.165) is 6.42 Å². The molecule has 0 aliphatic heterocycles. The minimum Gasteiger partial charge on any atom is -0.466 e. The van der Waals surface area contributed by atoms with Crippen LogP contribution in [-0.2, 0) is 14.3 Å². The van der Waals surface area contributed by atoms with Crippen LogP contribution in [0.15, 0.2) is 24.3 Å². The second-order valence-corrected chi connectivity index (χ2v) is 5.45. The fraction of sp³-hybridized carbons (Fsp3) is 0.500. The van der Waals surface area contributed by atoms with Crippen LogP contribution < -0.4 is 5.32 Å². The summed E-state index contributed by atoms with van der Waals surface area (Å²) in [5.74, 6) is -0.375. The van der Waals surface area contributed by atoms with Gasteiger partial charge in [-0.15, -0.1) is 0 Å². The summed E-state index contributed by atoms with van der Waals surface area (Å²) >= 11 is 5.87. The molecule has 1 amide bonds. The van der Waals surface area contributed by atoms with Crippen molar-refractivity contribution >= 4 is 29.2 Å². The Labute approximate surface area is 130 Å². The summed E-state index contributed by atoms with van der Waals surface area (Å²) in [6.45, 7) is 4.16. The quantitative estimate of drug-likeness (QED) is 0.582. The van der Waals surface area contributed by atoms with Gasteiger partial charge >= 0.3 is 5.97 Å². The third-order valence-electron chi connectivity index (χ3n) is 3.04. The second kappa shape index (κ2) is 9.40. The van der Waals surface area contributed by atoms with Gasteiger partial charge < -0.3 is 10.1 Å². The first-order valence-corrected chi connectivity index (χ1v) is 7.62. The predicted molar refractivity (Wildman–Crippen MR) is 84.3 cm³/mol. The minimum absolute atomic E-state index is 0.0582. The van der Waals surface area contributed by atoms with Crippen molar-refractivity contribution in [1.82, 2.24) is 0 Å². The average molecular weight is 312 g/mol. The Morgan fingerprint density at radius 3 is 2.81 bits per heavy atom. The number of halogens is 1. The van der Waals surface area contributed by atoms with Crippen molar-refractivity contribution in [2.45, 2.75) is 39.5 Å². The van der Waals surface area contributed by atoms with Crippen LogP contribution in [0.4, 0.5) is 5.69 Å². The van der Waals surface area contributed by atoms with Crippen molar-refractivity contribution in [2.75, 3.05) is 11.9 Å². The number of hydrogen-bond acceptors (Lipinski definition) is 3. The molecular weight excluding hydrogens is 290 g/mol. The van der Waals surface area contributed by atoms with Crippen molar-refractivity contribution in [3.05, 3.63) is 29.3 Å². The standard InChI is InChI=1S/C16H22ClNO3/c1-3-6-15(19)21-10-5-7-12(2)16(20)18-14-9-4-8-13(17)11-14/h4,8-9,11-12H,3,5-7,10H2,1-2H3,(H,18,20). The predicted octanol–water partition coefficient (Wildman–Crippen LogP) is 4.04. The molecule has 0 aliphatic rings. The molecule has 4 nitrogen and oxygen atoms in total. The number of carbonyl (C=O) groups excluding carboxylic acids is 2. The number of esters is 1. The van der Waals surface area contributed by atoms with E-state index in [4.69, 9.17) is 16.3 Å². The van der Waals surface area contributed by atoms with Crippen LogP contribution in [0.5, 0.6) is 0 Å². The highest BCUT2D eigenvalue weighted by Gasteiger charge is 2.13. The number of benzene rings is 1. The smallest absolute Gasteiger partial charge is 0.305 e. The topological polar surface area (TPSA) is 55.4 Å². The van der Waals surface area contributed by atoms with E-state index in [1.807, 2.05) is 13.8 Å². The van der Waals surface area contributed by atoms with Gasteiger partial charge in [0.1, 0.15) is 0 Å². The highest BCUT2D eigenvalue weighted by molar-refractivity contribution is 6.30. The molecule has 21 heavy (non-hydrogen) atoms. The van der Waals surface area contributed by atoms with Crippen molar-refractivity contribution < 1.29 is 14.3 Å². The number of rotatable bonds is 8. The molecule has 1 aromatic rings. The Hall–Kier alpha value is -1.55. The first-order chi connectivity index (χ1) is 10.0. The number of hydrogen-bond donors (Lipinski definition) is 1. The van der Waals surface area contributed by atoms with Crippen molar-refractivity contribution in [3.8, 4) is 0 Å². The van der Waals surface area contributed by atoms with Gasteiger partial charge in [0.25, 0.3) is 0 Å². The van der Waals surface area contributed by atoms with Gasteiger partial charge in [0, 0.05) is 23.0 Å². The molecule has 0 heterocycles. The third kappa shape index (κ3) is 7.14. The first kappa shape index (κ1) is 17.5. The van der Waals surface area contributed by atoms with E-state index in [2.05, 4.69) is 5.32 Å². The molecule has 1 atom stereocenters. The van der Waals surface area contributed by atoms with E-state index in [0.29, 0.717) is 36.6 Å². The number of anilines is 1. The zero-order valence-electron chi connectivity index (χ0n) is 12.5. The van der Waals surface area contributed by atoms with Crippen molar-refractivity contribution in [3.63, 3.8) is 0 Å². The van der Waals surface area contributed by atoms with Crippen LogP contribution in [0.3, 0.4) is 0 Å². The summed E-state index contributed by atoms with van der Waals surface area (Å²) < 4.78 is 5.06. The van der Waals surface area contributed by atoms with Crippen LogP contribution in [0, 0.1) is 5.92 Å². The van der Waals surface area contributed by atoms with E-state index in [9.17, 15) is 9.59 Å². The average Bonchev–Trinajstić information content (AvgIpc) is 2.43. The monoisotopic (exact) mass is 311 g/mol. The fourth-order valence-electron chi connectivity index (χ4n) is 1.81. The van der Waals surface area contributed by atoms with Gasteiger partial charge in [-0.2, -0.15) is 0 Å². The molecule has 0 aliphatic carbocycles. The van der Waals surface area contributed by atoms with E-state index in [1.54, 1.807) is 24.3 Å². The molecule has 0 bridgehead atoms. The molecule has 0 fully saturated rings. The zero-order chi connectivity index (χ0) is 15.7. The van der Waals surface area contributed by atoms with Crippen LogP contribution in [0.1, 0.15) is 39.5 Å². The Bertz CT molecular complexity index is 476. The molecular formula is C16H22ClNO3. The molecule has 1 aromatic carbocycles. The lowest BCUT2D eigenvalue weighted by atomic mass is 10.1. The largest absolute Gasteiger partial charge is 0.466 e. The van der Waals surface area contributed by atoms with Crippen molar-refractivity contribution in [1.29, 1.82) is 0 Å². The van der Waals surface area contributed by atoms with Gasteiger partial charge in [-0.3, -0.25) is 9.59 Å². The Morgan fingerprint density at radius 1 is 1.38 bits per heavy atom. The van der Waals surface area contributed by atoms with Gasteiger partial charge in [-0.1, -0.05) is 31.5 Å². The molecule has 0 spiro atoms. The highest BCUT2D eigenvalue weighted by Crippen LogP contribution is 2.16. The van der Waals surface area contributed by atoms with Crippen LogP contribution in [-0.4, -0.2) is 18.5 Å². The number of ether oxygens (including phenoxy) is 1. The molecule has 0 saturated carbocycles. The van der Waals surface area contributed by atoms with E-state index >= 15 is 0 Å². The summed E-state index contributed by atoms with van der Waals surface area (Å²) in [7, 11) is 0. The Kier molecular flexibility index (Phi) is 7.83. The molecule has 0 radical (unpaired) electrons. The third-order valence-corrected chi connectivity index (χ3v) is 3.27. The maximum absolute atomic E-state index is 12.0. The molecule has 116 valence electrons. The maximum Gasteiger partial charge on any atom is 0.305 e. The fourth-order valence-corrected chi connectivity index (χ4v) is 2.00. The summed E-state index contributed by atoms with van der Waals surface area (Å²) in [6, 6.07) is 7.04. The van der Waals surface area contributed by atoms with Gasteiger partial charge in [0.05, 0.1) is 6.61 Å². The van der Waals surface area contributed by atoms with Crippen molar-refractivity contribution in [2.24, 2.45) is 5.92 Å². The van der Waals surface area contributed by atoms with E-state index in [-0.39, 0.29) is 17.8 Å². The molecule has 0 saturated heterocycles. The first-order valence-electron chi connectivity index (χ1n) is 7.25. The van der Waals surface area contributed by atoms with Gasteiger partial charge in [-0.05, 0) is 37.5 Å². The number of nitrogens with one attached hydrogen (secondary N) is 1. The maximum atomic E-state index is 12.0. The lowest BCUT2D eigenvalue weighted by Gasteiger charge is -2.12. The van der Waals surface area contributed by atoms with E-state index in [1.165, 1.54) is 0 Å². The second-order valence-electron chi connectivity index (χ2n) is 5.01. The Morgan fingerprint density at radius 2 is 2.14 bits per heavy atom. The van der Waals surface area contributed by atoms with Crippen LogP contribution >= 0.6 is 11.6 Å². The number of amides is 1. The number of carbonyl (C=O) groups is 2. The van der Waals surface area contributed by atoms with Gasteiger partial charge in [-0.25, -0.2) is 0 Å². The lowest BCUT2D eigenvalue weighted by molar-refractivity contribution is -0.143. The summed E-state index contributed by atoms with van der Waals surface area (Å²) in [4.78, 5) is 23.2. The molecule has 1 N–H and O–H groups in total. The van der Waals surface area contributed by atoms with Gasteiger partial charge in [0.2, 0.25) is 5.91 Å². The molecule has 1 unspecified atom stereocenters. The lowest BCUT2D eigenvalue weighted by Crippen LogP contribution is -2.21. The molecule has 5 heteroatoms. The SMILES string of the molecule is CCCC(=O)OCCCC(C)C(=O)Nc1cccc(Cl)c1. The summed E-state index contributed by atoms with van der Waals surface area (Å²) in [5.41, 5.74) is 0.689. The van der Waals surface area contributed by atoms with Crippen LogP contribution in [0.2, 0.25) is 5.02 Å². The summed E-state index contributed by atoms with van der Waals surface area (Å²) in [6.07, 6.45) is 2.59. The van der Waals surface area contributed by atoms with Gasteiger partial charge in [0.15, 0.2) is 0 Å². The minimum atomic E-state index is -0.173. The molecule has 0 aromatic heterocycles. The normalized spacial score (nSPS) is 11.8.